The third kappa shape index (κ3) is 5.09. The van der Waals surface area contributed by atoms with Gasteiger partial charge in [0.05, 0.1) is 7.11 Å². The predicted molar refractivity (Wildman–Crippen MR) is 76.7 cm³/mol. The Hall–Kier alpha value is -0.540. The molecule has 3 heteroatoms. The summed E-state index contributed by atoms with van der Waals surface area (Å²) in [5.74, 6) is 1.54. The number of rotatable bonds is 6. The zero-order chi connectivity index (χ0) is 12.8. The summed E-state index contributed by atoms with van der Waals surface area (Å²) in [6.45, 7) is 7.66. The van der Waals surface area contributed by atoms with Crippen molar-refractivity contribution in [3.8, 4) is 5.75 Å². The quantitative estimate of drug-likeness (QED) is 0.866. The van der Waals surface area contributed by atoms with E-state index in [0.29, 0.717) is 12.0 Å². The van der Waals surface area contributed by atoms with Gasteiger partial charge in [-0.25, -0.2) is 0 Å². The van der Waals surface area contributed by atoms with Crippen molar-refractivity contribution in [1.82, 2.24) is 5.32 Å². The number of hydrogen-bond donors (Lipinski definition) is 1. The third-order valence-electron chi connectivity index (χ3n) is 2.70. The molecular formula is C14H22BrNO. The van der Waals surface area contributed by atoms with E-state index < -0.39 is 0 Å². The fraction of sp³-hybridized carbons (Fsp3) is 0.571. The molecule has 0 aromatic heterocycles. The maximum atomic E-state index is 5.25. The monoisotopic (exact) mass is 299 g/mol. The van der Waals surface area contributed by atoms with E-state index in [0.717, 1.165) is 23.2 Å². The molecule has 17 heavy (non-hydrogen) atoms. The molecule has 1 aromatic carbocycles. The number of methoxy groups -OCH3 is 1. The molecule has 1 rings (SSSR count). The van der Waals surface area contributed by atoms with Gasteiger partial charge >= 0.3 is 0 Å². The van der Waals surface area contributed by atoms with Crippen molar-refractivity contribution < 1.29 is 4.74 Å². The first-order chi connectivity index (χ1) is 8.02. The standard InChI is InChI=1S/C14H22BrNO/c1-10(2)16-9-11(3)7-12-8-13(17-4)5-6-14(12)15/h5-6,8,10-11,16H,7,9H2,1-4H3. The topological polar surface area (TPSA) is 21.3 Å². The van der Waals surface area contributed by atoms with Crippen LogP contribution in [0.2, 0.25) is 0 Å². The summed E-state index contributed by atoms with van der Waals surface area (Å²) >= 11 is 3.59. The van der Waals surface area contributed by atoms with Gasteiger partial charge in [0.1, 0.15) is 5.75 Å². The van der Waals surface area contributed by atoms with E-state index in [9.17, 15) is 0 Å². The molecule has 0 saturated carbocycles. The molecular weight excluding hydrogens is 278 g/mol. The summed E-state index contributed by atoms with van der Waals surface area (Å²) in [5, 5.41) is 3.47. The highest BCUT2D eigenvalue weighted by molar-refractivity contribution is 9.10. The van der Waals surface area contributed by atoms with Crippen molar-refractivity contribution in [2.45, 2.75) is 33.2 Å². The summed E-state index contributed by atoms with van der Waals surface area (Å²) in [7, 11) is 1.71. The average Bonchev–Trinajstić information content (AvgIpc) is 2.29. The van der Waals surface area contributed by atoms with Crippen LogP contribution in [0, 0.1) is 5.92 Å². The fourth-order valence-corrected chi connectivity index (χ4v) is 2.13. The van der Waals surface area contributed by atoms with Crippen molar-refractivity contribution in [3.05, 3.63) is 28.2 Å². The van der Waals surface area contributed by atoms with Crippen molar-refractivity contribution >= 4 is 15.9 Å². The highest BCUT2D eigenvalue weighted by Crippen LogP contribution is 2.24. The Bertz CT molecular complexity index is 352. The van der Waals surface area contributed by atoms with Crippen LogP contribution in [0.5, 0.6) is 5.75 Å². The summed E-state index contributed by atoms with van der Waals surface area (Å²) in [4.78, 5) is 0. The van der Waals surface area contributed by atoms with Crippen LogP contribution in [-0.4, -0.2) is 19.7 Å². The van der Waals surface area contributed by atoms with Gasteiger partial charge in [-0.05, 0) is 42.6 Å². The van der Waals surface area contributed by atoms with Crippen LogP contribution in [0.4, 0.5) is 0 Å². The lowest BCUT2D eigenvalue weighted by molar-refractivity contribution is 0.413. The smallest absolute Gasteiger partial charge is 0.119 e. The van der Waals surface area contributed by atoms with E-state index in [1.165, 1.54) is 5.56 Å². The van der Waals surface area contributed by atoms with E-state index in [2.05, 4.69) is 54.2 Å². The molecule has 0 saturated heterocycles. The second kappa shape index (κ2) is 7.02. The first-order valence-corrected chi connectivity index (χ1v) is 6.88. The molecule has 1 atom stereocenters. The zero-order valence-electron chi connectivity index (χ0n) is 11.1. The molecule has 2 nitrogen and oxygen atoms in total. The Kier molecular flexibility index (Phi) is 6.00. The minimum absolute atomic E-state index is 0.547. The van der Waals surface area contributed by atoms with Crippen LogP contribution < -0.4 is 10.1 Å². The SMILES string of the molecule is COc1ccc(Br)c(CC(C)CNC(C)C)c1. The highest BCUT2D eigenvalue weighted by Gasteiger charge is 2.08. The summed E-state index contributed by atoms with van der Waals surface area (Å²) in [6.07, 6.45) is 1.05. The molecule has 0 heterocycles. The number of benzene rings is 1. The Balaban J connectivity index is 2.60. The summed E-state index contributed by atoms with van der Waals surface area (Å²) in [5.41, 5.74) is 1.31. The van der Waals surface area contributed by atoms with Gasteiger partial charge in [-0.15, -0.1) is 0 Å². The van der Waals surface area contributed by atoms with Crippen molar-refractivity contribution in [2.24, 2.45) is 5.92 Å². The fourth-order valence-electron chi connectivity index (χ4n) is 1.72. The van der Waals surface area contributed by atoms with Gasteiger partial charge in [0, 0.05) is 10.5 Å². The summed E-state index contributed by atoms with van der Waals surface area (Å²) in [6, 6.07) is 6.68. The molecule has 0 aliphatic rings. The predicted octanol–water partition coefficient (Wildman–Crippen LogP) is 3.63. The molecule has 0 spiro atoms. The highest BCUT2D eigenvalue weighted by atomic mass is 79.9. The molecule has 96 valence electrons. The first-order valence-electron chi connectivity index (χ1n) is 6.08. The van der Waals surface area contributed by atoms with Crippen molar-refractivity contribution in [1.29, 1.82) is 0 Å². The molecule has 0 radical (unpaired) electrons. The van der Waals surface area contributed by atoms with Gasteiger partial charge in [0.25, 0.3) is 0 Å². The van der Waals surface area contributed by atoms with Crippen molar-refractivity contribution in [2.75, 3.05) is 13.7 Å². The second-order valence-electron chi connectivity index (χ2n) is 4.83. The van der Waals surface area contributed by atoms with E-state index in [-0.39, 0.29) is 0 Å². The van der Waals surface area contributed by atoms with E-state index in [4.69, 9.17) is 4.74 Å². The second-order valence-corrected chi connectivity index (χ2v) is 5.68. The molecule has 0 amide bonds. The van der Waals surface area contributed by atoms with Gasteiger partial charge in [0.15, 0.2) is 0 Å². The van der Waals surface area contributed by atoms with Crippen molar-refractivity contribution in [3.63, 3.8) is 0 Å². The first kappa shape index (κ1) is 14.5. The average molecular weight is 300 g/mol. The number of ether oxygens (including phenoxy) is 1. The number of halogens is 1. The molecule has 1 unspecified atom stereocenters. The molecule has 1 aromatic rings. The minimum atomic E-state index is 0.547. The van der Waals surface area contributed by atoms with Gasteiger partial charge in [0.2, 0.25) is 0 Å². The minimum Gasteiger partial charge on any atom is -0.497 e. The zero-order valence-corrected chi connectivity index (χ0v) is 12.7. The molecule has 1 N–H and O–H groups in total. The lowest BCUT2D eigenvalue weighted by Gasteiger charge is -2.16. The van der Waals surface area contributed by atoms with Gasteiger partial charge in [-0.2, -0.15) is 0 Å². The maximum Gasteiger partial charge on any atom is 0.119 e. The Morgan fingerprint density at radius 1 is 1.29 bits per heavy atom. The third-order valence-corrected chi connectivity index (χ3v) is 3.47. The van der Waals surface area contributed by atoms with Gasteiger partial charge in [-0.1, -0.05) is 36.7 Å². The van der Waals surface area contributed by atoms with Gasteiger partial charge < -0.3 is 10.1 Å². The number of hydrogen-bond acceptors (Lipinski definition) is 2. The maximum absolute atomic E-state index is 5.25. The van der Waals surface area contributed by atoms with Crippen LogP contribution >= 0.6 is 15.9 Å². The summed E-state index contributed by atoms with van der Waals surface area (Å²) < 4.78 is 6.41. The lowest BCUT2D eigenvalue weighted by atomic mass is 10.0. The largest absolute Gasteiger partial charge is 0.497 e. The molecule has 0 bridgehead atoms. The lowest BCUT2D eigenvalue weighted by Crippen LogP contribution is -2.28. The molecule has 0 aliphatic carbocycles. The normalized spacial score (nSPS) is 12.8. The van der Waals surface area contributed by atoms with Crippen LogP contribution in [0.1, 0.15) is 26.3 Å². The van der Waals surface area contributed by atoms with E-state index in [1.807, 2.05) is 6.07 Å². The Morgan fingerprint density at radius 2 is 2.00 bits per heavy atom. The van der Waals surface area contributed by atoms with Crippen LogP contribution in [0.3, 0.4) is 0 Å². The van der Waals surface area contributed by atoms with Crippen LogP contribution in [0.15, 0.2) is 22.7 Å². The Labute approximate surface area is 113 Å². The van der Waals surface area contributed by atoms with Gasteiger partial charge in [-0.3, -0.25) is 0 Å². The number of nitrogens with one attached hydrogen (secondary N) is 1. The van der Waals surface area contributed by atoms with E-state index >= 15 is 0 Å². The molecule has 0 fully saturated rings. The van der Waals surface area contributed by atoms with Crippen LogP contribution in [-0.2, 0) is 6.42 Å². The molecule has 0 aliphatic heterocycles. The Morgan fingerprint density at radius 3 is 2.59 bits per heavy atom. The van der Waals surface area contributed by atoms with Crippen LogP contribution in [0.25, 0.3) is 0 Å². The van der Waals surface area contributed by atoms with E-state index in [1.54, 1.807) is 7.11 Å².